The van der Waals surface area contributed by atoms with Gasteiger partial charge in [0.15, 0.2) is 0 Å². The van der Waals surface area contributed by atoms with E-state index in [9.17, 15) is 0 Å². The van der Waals surface area contributed by atoms with Crippen molar-refractivity contribution >= 4 is 0 Å². The zero-order valence-electron chi connectivity index (χ0n) is 12.0. The van der Waals surface area contributed by atoms with Crippen LogP contribution in [0.2, 0.25) is 0 Å². The SMILES string of the molecule is CCOCCNC1CCCN(Cc2ccccc2)C1. The van der Waals surface area contributed by atoms with Crippen LogP contribution in [-0.4, -0.2) is 43.8 Å². The van der Waals surface area contributed by atoms with Gasteiger partial charge in [-0.05, 0) is 31.9 Å². The summed E-state index contributed by atoms with van der Waals surface area (Å²) in [6.07, 6.45) is 2.58. The highest BCUT2D eigenvalue weighted by atomic mass is 16.5. The molecule has 0 spiro atoms. The number of benzene rings is 1. The van der Waals surface area contributed by atoms with E-state index in [-0.39, 0.29) is 0 Å². The van der Waals surface area contributed by atoms with Crippen molar-refractivity contribution < 1.29 is 4.74 Å². The maximum atomic E-state index is 5.37. The van der Waals surface area contributed by atoms with Crippen LogP contribution >= 0.6 is 0 Å². The van der Waals surface area contributed by atoms with Gasteiger partial charge in [0.25, 0.3) is 0 Å². The first kappa shape index (κ1) is 14.5. The summed E-state index contributed by atoms with van der Waals surface area (Å²) in [5.74, 6) is 0. The minimum atomic E-state index is 0.623. The summed E-state index contributed by atoms with van der Waals surface area (Å²) in [6, 6.07) is 11.4. The molecule has 1 N–H and O–H groups in total. The van der Waals surface area contributed by atoms with E-state index in [0.29, 0.717) is 6.04 Å². The zero-order chi connectivity index (χ0) is 13.3. The number of nitrogens with one attached hydrogen (secondary N) is 1. The van der Waals surface area contributed by atoms with E-state index in [1.807, 2.05) is 6.92 Å². The molecule has 1 aliphatic heterocycles. The lowest BCUT2D eigenvalue weighted by atomic mass is 10.0. The molecule has 2 rings (SSSR count). The van der Waals surface area contributed by atoms with Crippen LogP contribution in [0.15, 0.2) is 30.3 Å². The van der Waals surface area contributed by atoms with E-state index in [2.05, 4.69) is 40.5 Å². The lowest BCUT2D eigenvalue weighted by molar-refractivity contribution is 0.135. The molecule has 1 heterocycles. The Kier molecular flexibility index (Phi) is 6.34. The van der Waals surface area contributed by atoms with E-state index < -0.39 is 0 Å². The van der Waals surface area contributed by atoms with Gasteiger partial charge in [-0.3, -0.25) is 4.90 Å². The third-order valence-corrected chi connectivity index (χ3v) is 3.64. The number of hydrogen-bond acceptors (Lipinski definition) is 3. The van der Waals surface area contributed by atoms with Crippen LogP contribution in [0.5, 0.6) is 0 Å². The molecule has 0 radical (unpaired) electrons. The van der Waals surface area contributed by atoms with Crippen molar-refractivity contribution in [1.29, 1.82) is 0 Å². The maximum Gasteiger partial charge on any atom is 0.0590 e. The minimum Gasteiger partial charge on any atom is -0.380 e. The van der Waals surface area contributed by atoms with Crippen LogP contribution < -0.4 is 5.32 Å². The first-order valence-electron chi connectivity index (χ1n) is 7.46. The summed E-state index contributed by atoms with van der Waals surface area (Å²) < 4.78 is 5.37. The van der Waals surface area contributed by atoms with Crippen LogP contribution in [0.3, 0.4) is 0 Å². The molecule has 0 aromatic heterocycles. The molecule has 3 nitrogen and oxygen atoms in total. The highest BCUT2D eigenvalue weighted by Crippen LogP contribution is 2.13. The van der Waals surface area contributed by atoms with Gasteiger partial charge in [0.1, 0.15) is 0 Å². The molecule has 0 amide bonds. The second-order valence-electron chi connectivity index (χ2n) is 5.21. The van der Waals surface area contributed by atoms with Crippen LogP contribution in [0, 0.1) is 0 Å². The minimum absolute atomic E-state index is 0.623. The number of rotatable bonds is 7. The average molecular weight is 262 g/mol. The van der Waals surface area contributed by atoms with E-state index in [1.165, 1.54) is 24.9 Å². The molecule has 3 heteroatoms. The Hall–Kier alpha value is -0.900. The first-order chi connectivity index (χ1) is 9.38. The summed E-state index contributed by atoms with van der Waals surface area (Å²) in [6.45, 7) is 8.10. The lowest BCUT2D eigenvalue weighted by Crippen LogP contribution is -2.46. The quantitative estimate of drug-likeness (QED) is 0.763. The van der Waals surface area contributed by atoms with Crippen LogP contribution in [0.4, 0.5) is 0 Å². The molecule has 19 heavy (non-hydrogen) atoms. The van der Waals surface area contributed by atoms with Gasteiger partial charge >= 0.3 is 0 Å². The number of piperidine rings is 1. The van der Waals surface area contributed by atoms with E-state index in [1.54, 1.807) is 0 Å². The molecular weight excluding hydrogens is 236 g/mol. The lowest BCUT2D eigenvalue weighted by Gasteiger charge is -2.33. The predicted octanol–water partition coefficient (Wildman–Crippen LogP) is 2.28. The Morgan fingerprint density at radius 2 is 2.16 bits per heavy atom. The molecule has 1 saturated heterocycles. The summed E-state index contributed by atoms with van der Waals surface area (Å²) in [5, 5.41) is 3.61. The van der Waals surface area contributed by atoms with Crippen molar-refractivity contribution in [3.8, 4) is 0 Å². The number of hydrogen-bond donors (Lipinski definition) is 1. The largest absolute Gasteiger partial charge is 0.380 e. The fourth-order valence-electron chi connectivity index (χ4n) is 2.69. The third-order valence-electron chi connectivity index (χ3n) is 3.64. The van der Waals surface area contributed by atoms with Gasteiger partial charge in [-0.15, -0.1) is 0 Å². The van der Waals surface area contributed by atoms with Crippen molar-refractivity contribution in [2.75, 3.05) is 32.8 Å². The van der Waals surface area contributed by atoms with E-state index in [4.69, 9.17) is 4.74 Å². The van der Waals surface area contributed by atoms with Gasteiger partial charge in [-0.2, -0.15) is 0 Å². The molecule has 1 atom stereocenters. The highest BCUT2D eigenvalue weighted by molar-refractivity contribution is 5.14. The second kappa shape index (κ2) is 8.31. The maximum absolute atomic E-state index is 5.37. The first-order valence-corrected chi connectivity index (χ1v) is 7.46. The van der Waals surface area contributed by atoms with Crippen molar-refractivity contribution in [1.82, 2.24) is 10.2 Å². The Bertz CT molecular complexity index is 342. The molecule has 106 valence electrons. The second-order valence-corrected chi connectivity index (χ2v) is 5.21. The Morgan fingerprint density at radius 3 is 2.95 bits per heavy atom. The van der Waals surface area contributed by atoms with Gasteiger partial charge in [0, 0.05) is 32.3 Å². The Labute approximate surface area is 116 Å². The standard InChI is InChI=1S/C16H26N2O/c1-2-19-12-10-17-16-9-6-11-18(14-16)13-15-7-4-3-5-8-15/h3-5,7-8,16-17H,2,6,9-14H2,1H3. The molecule has 1 aromatic carbocycles. The fraction of sp³-hybridized carbons (Fsp3) is 0.625. The average Bonchev–Trinajstić information content (AvgIpc) is 2.45. The van der Waals surface area contributed by atoms with Gasteiger partial charge in [-0.25, -0.2) is 0 Å². The smallest absolute Gasteiger partial charge is 0.0590 e. The monoisotopic (exact) mass is 262 g/mol. The van der Waals surface area contributed by atoms with Crippen molar-refractivity contribution in [3.05, 3.63) is 35.9 Å². The zero-order valence-corrected chi connectivity index (χ0v) is 12.0. The number of nitrogens with zero attached hydrogens (tertiary/aromatic N) is 1. The molecular formula is C16H26N2O. The molecule has 1 aliphatic rings. The van der Waals surface area contributed by atoms with Crippen LogP contribution in [0.25, 0.3) is 0 Å². The summed E-state index contributed by atoms with van der Waals surface area (Å²) in [7, 11) is 0. The van der Waals surface area contributed by atoms with E-state index in [0.717, 1.165) is 32.8 Å². The van der Waals surface area contributed by atoms with Crippen molar-refractivity contribution in [2.24, 2.45) is 0 Å². The summed E-state index contributed by atoms with van der Waals surface area (Å²) in [4.78, 5) is 2.55. The fourth-order valence-corrected chi connectivity index (χ4v) is 2.69. The van der Waals surface area contributed by atoms with Crippen LogP contribution in [0.1, 0.15) is 25.3 Å². The normalized spacial score (nSPS) is 20.6. The Balaban J connectivity index is 1.71. The molecule has 1 unspecified atom stereocenters. The Morgan fingerprint density at radius 1 is 1.32 bits per heavy atom. The van der Waals surface area contributed by atoms with Gasteiger partial charge in [-0.1, -0.05) is 30.3 Å². The molecule has 0 bridgehead atoms. The molecule has 1 aromatic rings. The number of ether oxygens (including phenoxy) is 1. The number of likely N-dealkylation sites (tertiary alicyclic amines) is 1. The molecule has 0 aliphatic carbocycles. The van der Waals surface area contributed by atoms with Gasteiger partial charge in [0.2, 0.25) is 0 Å². The topological polar surface area (TPSA) is 24.5 Å². The molecule has 0 saturated carbocycles. The van der Waals surface area contributed by atoms with E-state index >= 15 is 0 Å². The predicted molar refractivity (Wildman–Crippen MR) is 79.2 cm³/mol. The summed E-state index contributed by atoms with van der Waals surface area (Å²) in [5.41, 5.74) is 1.41. The summed E-state index contributed by atoms with van der Waals surface area (Å²) >= 11 is 0. The third kappa shape index (κ3) is 5.31. The van der Waals surface area contributed by atoms with Gasteiger partial charge < -0.3 is 10.1 Å². The molecule has 1 fully saturated rings. The highest BCUT2D eigenvalue weighted by Gasteiger charge is 2.19. The van der Waals surface area contributed by atoms with Gasteiger partial charge in [0.05, 0.1) is 6.61 Å². The van der Waals surface area contributed by atoms with Crippen molar-refractivity contribution in [2.45, 2.75) is 32.4 Å². The van der Waals surface area contributed by atoms with Crippen molar-refractivity contribution in [3.63, 3.8) is 0 Å². The van der Waals surface area contributed by atoms with Crippen LogP contribution in [-0.2, 0) is 11.3 Å².